The molecule has 0 bridgehead atoms. The lowest BCUT2D eigenvalue weighted by Gasteiger charge is -2.38. The molecule has 2 aliphatic carbocycles. The minimum Gasteiger partial charge on any atom is -0.481 e. The van der Waals surface area contributed by atoms with Crippen LogP contribution in [0.3, 0.4) is 0 Å². The number of carbonyl (C=O) groups is 3. The second-order valence-corrected chi connectivity index (χ2v) is 10.0. The van der Waals surface area contributed by atoms with Crippen molar-refractivity contribution in [3.05, 3.63) is 59.7 Å². The lowest BCUT2D eigenvalue weighted by atomic mass is 9.89. The minimum absolute atomic E-state index is 0.00817. The molecule has 35 heavy (non-hydrogen) atoms. The number of carboxylic acids is 1. The SMILES string of the molecule is C[C@@H]1[C@H](C(=O)O)CCCN1C(=O)[C@@H]1CC[C@H](NC(=O)OCC2c3ccccc3-c3ccccc32)C1. The topological polar surface area (TPSA) is 95.9 Å². The third-order valence-electron chi connectivity index (χ3n) is 8.04. The van der Waals surface area contributed by atoms with E-state index in [9.17, 15) is 19.5 Å². The average molecular weight is 477 g/mol. The summed E-state index contributed by atoms with van der Waals surface area (Å²) in [6.07, 6.45) is 2.82. The molecule has 2 aromatic carbocycles. The van der Waals surface area contributed by atoms with Gasteiger partial charge in [0.2, 0.25) is 5.91 Å². The third kappa shape index (κ3) is 4.51. The first kappa shape index (κ1) is 23.4. The molecule has 2 N–H and O–H groups in total. The molecule has 0 aromatic heterocycles. The average Bonchev–Trinajstić information content (AvgIpc) is 3.45. The number of amides is 2. The van der Waals surface area contributed by atoms with Crippen LogP contribution in [-0.2, 0) is 14.3 Å². The van der Waals surface area contributed by atoms with Gasteiger partial charge in [-0.25, -0.2) is 4.79 Å². The standard InChI is InChI=1S/C28H32N2O5/c1-17-20(27(32)33)11-6-14-30(17)26(31)18-12-13-19(15-18)29-28(34)35-16-25-23-9-4-2-7-21(23)22-8-3-5-10-24(22)25/h2-5,7-10,17-20,25H,6,11-16H2,1H3,(H,29,34)(H,32,33)/t17-,18-,19+,20-/m1/s1. The lowest BCUT2D eigenvalue weighted by molar-refractivity contribution is -0.150. The van der Waals surface area contributed by atoms with Gasteiger partial charge in [-0.1, -0.05) is 48.5 Å². The Labute approximate surface area is 205 Å². The number of carbonyl (C=O) groups excluding carboxylic acids is 2. The minimum atomic E-state index is -0.837. The van der Waals surface area contributed by atoms with Crippen LogP contribution in [0.2, 0.25) is 0 Å². The number of carboxylic acid groups (broad SMARTS) is 1. The maximum atomic E-state index is 13.1. The van der Waals surface area contributed by atoms with Gasteiger partial charge in [0.05, 0.1) is 5.92 Å². The van der Waals surface area contributed by atoms with Crippen LogP contribution in [0.5, 0.6) is 0 Å². The van der Waals surface area contributed by atoms with Crippen LogP contribution in [0.4, 0.5) is 4.79 Å². The summed E-state index contributed by atoms with van der Waals surface area (Å²) in [6, 6.07) is 16.0. The fourth-order valence-corrected chi connectivity index (χ4v) is 6.16. The number of hydrogen-bond acceptors (Lipinski definition) is 4. The van der Waals surface area contributed by atoms with Gasteiger partial charge in [-0.3, -0.25) is 9.59 Å². The Bertz CT molecular complexity index is 1090. The van der Waals surface area contributed by atoms with Crippen molar-refractivity contribution >= 4 is 18.0 Å². The Hall–Kier alpha value is -3.35. The zero-order valence-electron chi connectivity index (χ0n) is 20.0. The second-order valence-electron chi connectivity index (χ2n) is 10.0. The van der Waals surface area contributed by atoms with Crippen molar-refractivity contribution in [3.63, 3.8) is 0 Å². The fraction of sp³-hybridized carbons (Fsp3) is 0.464. The molecular weight excluding hydrogens is 444 g/mol. The van der Waals surface area contributed by atoms with E-state index in [2.05, 4.69) is 29.6 Å². The summed E-state index contributed by atoms with van der Waals surface area (Å²) in [5.74, 6) is -1.52. The van der Waals surface area contributed by atoms with E-state index in [4.69, 9.17) is 4.74 Å². The number of hydrogen-bond donors (Lipinski definition) is 2. The molecule has 2 fully saturated rings. The molecule has 1 saturated carbocycles. The molecule has 7 nitrogen and oxygen atoms in total. The van der Waals surface area contributed by atoms with Gasteiger partial charge in [-0.15, -0.1) is 0 Å². The number of ether oxygens (including phenoxy) is 1. The number of benzene rings is 2. The van der Waals surface area contributed by atoms with Crippen molar-refractivity contribution in [3.8, 4) is 11.1 Å². The fourth-order valence-electron chi connectivity index (χ4n) is 6.16. The van der Waals surface area contributed by atoms with Crippen molar-refractivity contribution in [2.45, 2.75) is 57.0 Å². The first-order valence-corrected chi connectivity index (χ1v) is 12.6. The molecular formula is C28H32N2O5. The van der Waals surface area contributed by atoms with E-state index in [1.54, 1.807) is 4.90 Å². The molecule has 3 aliphatic rings. The van der Waals surface area contributed by atoms with Crippen LogP contribution in [0.25, 0.3) is 11.1 Å². The van der Waals surface area contributed by atoms with E-state index >= 15 is 0 Å². The monoisotopic (exact) mass is 476 g/mol. The normalized spacial score (nSPS) is 25.6. The summed E-state index contributed by atoms with van der Waals surface area (Å²) < 4.78 is 5.66. The van der Waals surface area contributed by atoms with Gasteiger partial charge in [-0.2, -0.15) is 0 Å². The van der Waals surface area contributed by atoms with Gasteiger partial charge < -0.3 is 20.1 Å². The Morgan fingerprint density at radius 2 is 1.66 bits per heavy atom. The van der Waals surface area contributed by atoms with Crippen molar-refractivity contribution in [2.24, 2.45) is 11.8 Å². The number of aliphatic carboxylic acids is 1. The van der Waals surface area contributed by atoms with Crippen molar-refractivity contribution in [1.82, 2.24) is 10.2 Å². The lowest BCUT2D eigenvalue weighted by Crippen LogP contribution is -2.51. The summed E-state index contributed by atoms with van der Waals surface area (Å²) in [6.45, 7) is 2.69. The van der Waals surface area contributed by atoms with Crippen LogP contribution in [0.1, 0.15) is 56.1 Å². The van der Waals surface area contributed by atoms with Crippen LogP contribution in [0.15, 0.2) is 48.5 Å². The highest BCUT2D eigenvalue weighted by atomic mass is 16.5. The molecule has 5 rings (SSSR count). The predicted octanol–water partition coefficient (Wildman–Crippen LogP) is 4.41. The molecule has 2 aromatic rings. The molecule has 0 spiro atoms. The Morgan fingerprint density at radius 3 is 2.31 bits per heavy atom. The van der Waals surface area contributed by atoms with Crippen LogP contribution < -0.4 is 5.32 Å². The number of likely N-dealkylation sites (tertiary alicyclic amines) is 1. The highest BCUT2D eigenvalue weighted by Crippen LogP contribution is 2.44. The van der Waals surface area contributed by atoms with E-state index in [0.717, 1.165) is 0 Å². The van der Waals surface area contributed by atoms with Crippen LogP contribution >= 0.6 is 0 Å². The Balaban J connectivity index is 1.15. The van der Waals surface area contributed by atoms with E-state index < -0.39 is 18.0 Å². The summed E-state index contributed by atoms with van der Waals surface area (Å²) >= 11 is 0. The summed E-state index contributed by atoms with van der Waals surface area (Å²) in [7, 11) is 0. The van der Waals surface area contributed by atoms with Crippen molar-refractivity contribution < 1.29 is 24.2 Å². The number of fused-ring (bicyclic) bond motifs is 3. The Morgan fingerprint density at radius 1 is 1.00 bits per heavy atom. The van der Waals surface area contributed by atoms with Gasteiger partial charge in [0.1, 0.15) is 6.61 Å². The number of piperidine rings is 1. The number of nitrogens with one attached hydrogen (secondary N) is 1. The van der Waals surface area contributed by atoms with Crippen molar-refractivity contribution in [1.29, 1.82) is 0 Å². The molecule has 0 unspecified atom stereocenters. The number of rotatable bonds is 5. The first-order valence-electron chi connectivity index (χ1n) is 12.6. The van der Waals surface area contributed by atoms with Crippen LogP contribution in [-0.4, -0.2) is 53.2 Å². The first-order chi connectivity index (χ1) is 16.9. The van der Waals surface area contributed by atoms with Gasteiger partial charge >= 0.3 is 12.1 Å². The van der Waals surface area contributed by atoms with E-state index in [1.807, 2.05) is 31.2 Å². The molecule has 7 heteroatoms. The zero-order chi connectivity index (χ0) is 24.5. The predicted molar refractivity (Wildman–Crippen MR) is 131 cm³/mol. The molecule has 1 saturated heterocycles. The molecule has 1 aliphatic heterocycles. The molecule has 4 atom stereocenters. The van der Waals surface area contributed by atoms with Gasteiger partial charge in [0.15, 0.2) is 0 Å². The quantitative estimate of drug-likeness (QED) is 0.667. The second kappa shape index (κ2) is 9.72. The maximum Gasteiger partial charge on any atom is 0.407 e. The van der Waals surface area contributed by atoms with E-state index in [0.29, 0.717) is 38.6 Å². The zero-order valence-corrected chi connectivity index (χ0v) is 20.0. The number of nitrogens with zero attached hydrogens (tertiary/aromatic N) is 1. The molecule has 0 radical (unpaired) electrons. The third-order valence-corrected chi connectivity index (χ3v) is 8.04. The van der Waals surface area contributed by atoms with E-state index in [-0.39, 0.29) is 36.4 Å². The van der Waals surface area contributed by atoms with Crippen LogP contribution in [0, 0.1) is 11.8 Å². The summed E-state index contributed by atoms with van der Waals surface area (Å²) in [5.41, 5.74) is 4.71. The summed E-state index contributed by atoms with van der Waals surface area (Å²) in [4.78, 5) is 39.0. The largest absolute Gasteiger partial charge is 0.481 e. The van der Waals surface area contributed by atoms with Gasteiger partial charge in [-0.05, 0) is 61.3 Å². The summed E-state index contributed by atoms with van der Waals surface area (Å²) in [5, 5.41) is 12.4. The molecule has 2 amide bonds. The van der Waals surface area contributed by atoms with Gasteiger partial charge in [0, 0.05) is 30.5 Å². The Kier molecular flexibility index (Phi) is 6.50. The molecule has 184 valence electrons. The number of alkyl carbamates (subject to hydrolysis) is 1. The van der Waals surface area contributed by atoms with Crippen molar-refractivity contribution in [2.75, 3.05) is 13.2 Å². The molecule has 1 heterocycles. The van der Waals surface area contributed by atoms with E-state index in [1.165, 1.54) is 22.3 Å². The smallest absolute Gasteiger partial charge is 0.407 e. The highest BCUT2D eigenvalue weighted by molar-refractivity contribution is 5.81. The van der Waals surface area contributed by atoms with Gasteiger partial charge in [0.25, 0.3) is 0 Å². The highest BCUT2D eigenvalue weighted by Gasteiger charge is 2.40. The maximum absolute atomic E-state index is 13.1.